The Bertz CT molecular complexity index is 759. The molecule has 146 valence electrons. The number of piperidine rings is 1. The second kappa shape index (κ2) is 8.74. The third-order valence-electron chi connectivity index (χ3n) is 6.21. The van der Waals surface area contributed by atoms with Crippen LogP contribution in [0.25, 0.3) is 5.57 Å². The molecule has 0 aliphatic carbocycles. The number of nitrogens with zero attached hydrogens (tertiary/aromatic N) is 2. The van der Waals surface area contributed by atoms with E-state index in [4.69, 9.17) is 0 Å². The molecule has 28 heavy (non-hydrogen) atoms. The van der Waals surface area contributed by atoms with Crippen LogP contribution in [-0.4, -0.2) is 47.4 Å². The first-order valence-electron chi connectivity index (χ1n) is 10.6. The highest BCUT2D eigenvalue weighted by molar-refractivity contribution is 5.80. The molecule has 0 saturated carbocycles. The van der Waals surface area contributed by atoms with Crippen LogP contribution in [0.1, 0.15) is 43.7 Å². The molecule has 2 heterocycles. The van der Waals surface area contributed by atoms with E-state index in [9.17, 15) is 4.79 Å². The SMILES string of the molecule is CCC(=O)N1CC2CCCC(C1)N2CC=C(c1ccccc1)c1ccccc1. The highest BCUT2D eigenvalue weighted by Crippen LogP contribution is 2.30. The number of likely N-dealkylation sites (tertiary alicyclic amines) is 1. The van der Waals surface area contributed by atoms with Gasteiger partial charge in [0.15, 0.2) is 0 Å². The standard InChI is InChI=1S/C25H30N2O/c1-2-25(28)26-18-22-14-9-15-23(19-26)27(22)17-16-24(20-10-5-3-6-11-20)21-12-7-4-8-13-21/h3-8,10-13,16,22-23H,2,9,14-15,17-19H2,1H3. The summed E-state index contributed by atoms with van der Waals surface area (Å²) in [6.45, 7) is 4.70. The summed E-state index contributed by atoms with van der Waals surface area (Å²) in [4.78, 5) is 17.0. The molecule has 3 nitrogen and oxygen atoms in total. The molecule has 0 N–H and O–H groups in total. The van der Waals surface area contributed by atoms with Crippen LogP contribution >= 0.6 is 0 Å². The maximum atomic E-state index is 12.2. The van der Waals surface area contributed by atoms with Gasteiger partial charge in [-0.05, 0) is 29.5 Å². The minimum absolute atomic E-state index is 0.307. The van der Waals surface area contributed by atoms with Gasteiger partial charge in [-0.2, -0.15) is 0 Å². The van der Waals surface area contributed by atoms with E-state index < -0.39 is 0 Å². The second-order valence-corrected chi connectivity index (χ2v) is 7.94. The van der Waals surface area contributed by atoms with Crippen LogP contribution in [0.3, 0.4) is 0 Å². The predicted octanol–water partition coefficient (Wildman–Crippen LogP) is 4.59. The minimum Gasteiger partial charge on any atom is -0.340 e. The smallest absolute Gasteiger partial charge is 0.222 e. The third-order valence-corrected chi connectivity index (χ3v) is 6.21. The molecule has 1 amide bonds. The van der Waals surface area contributed by atoms with Crippen LogP contribution in [0.15, 0.2) is 66.7 Å². The number of hydrogen-bond donors (Lipinski definition) is 0. The van der Waals surface area contributed by atoms with Crippen molar-refractivity contribution < 1.29 is 4.79 Å². The number of fused-ring (bicyclic) bond motifs is 2. The number of benzene rings is 2. The average molecular weight is 375 g/mol. The molecule has 2 unspecified atom stereocenters. The van der Waals surface area contributed by atoms with Gasteiger partial charge in [0.25, 0.3) is 0 Å². The van der Waals surface area contributed by atoms with Gasteiger partial charge in [-0.1, -0.05) is 80.1 Å². The monoisotopic (exact) mass is 374 g/mol. The van der Waals surface area contributed by atoms with Gasteiger partial charge < -0.3 is 4.90 Å². The molecule has 4 rings (SSSR count). The number of rotatable bonds is 5. The largest absolute Gasteiger partial charge is 0.340 e. The van der Waals surface area contributed by atoms with Crippen molar-refractivity contribution >= 4 is 11.5 Å². The first-order valence-corrected chi connectivity index (χ1v) is 10.6. The van der Waals surface area contributed by atoms with Crippen molar-refractivity contribution in [3.63, 3.8) is 0 Å². The highest BCUT2D eigenvalue weighted by atomic mass is 16.2. The lowest BCUT2D eigenvalue weighted by Gasteiger charge is -2.50. The quantitative estimate of drug-likeness (QED) is 0.764. The Morgan fingerprint density at radius 1 is 0.929 bits per heavy atom. The number of piperazine rings is 1. The molecule has 2 saturated heterocycles. The van der Waals surface area contributed by atoms with Gasteiger partial charge in [-0.15, -0.1) is 0 Å². The van der Waals surface area contributed by atoms with Gasteiger partial charge in [-0.3, -0.25) is 9.69 Å². The maximum absolute atomic E-state index is 12.2. The summed E-state index contributed by atoms with van der Waals surface area (Å²) < 4.78 is 0. The zero-order chi connectivity index (χ0) is 19.3. The zero-order valence-electron chi connectivity index (χ0n) is 16.8. The summed E-state index contributed by atoms with van der Waals surface area (Å²) in [7, 11) is 0. The molecule has 3 heteroatoms. The molecular weight excluding hydrogens is 344 g/mol. The fraction of sp³-hybridized carbons (Fsp3) is 0.400. The van der Waals surface area contributed by atoms with Crippen LogP contribution in [-0.2, 0) is 4.79 Å². The van der Waals surface area contributed by atoms with E-state index in [1.807, 2.05) is 6.92 Å². The predicted molar refractivity (Wildman–Crippen MR) is 115 cm³/mol. The Morgan fingerprint density at radius 2 is 1.46 bits per heavy atom. The molecule has 2 aliphatic rings. The van der Waals surface area contributed by atoms with Gasteiger partial charge in [0, 0.05) is 38.1 Å². The minimum atomic E-state index is 0.307. The summed E-state index contributed by atoms with van der Waals surface area (Å²) >= 11 is 0. The summed E-state index contributed by atoms with van der Waals surface area (Å²) in [6.07, 6.45) is 6.69. The van der Waals surface area contributed by atoms with Crippen molar-refractivity contribution in [1.29, 1.82) is 0 Å². The van der Waals surface area contributed by atoms with E-state index in [1.54, 1.807) is 0 Å². The van der Waals surface area contributed by atoms with Crippen molar-refractivity contribution in [2.75, 3.05) is 19.6 Å². The maximum Gasteiger partial charge on any atom is 0.222 e. The van der Waals surface area contributed by atoms with E-state index >= 15 is 0 Å². The molecule has 2 bridgehead atoms. The lowest BCUT2D eigenvalue weighted by Crippen LogP contribution is -2.61. The topological polar surface area (TPSA) is 23.6 Å². The number of amides is 1. The Balaban J connectivity index is 1.58. The summed E-state index contributed by atoms with van der Waals surface area (Å²) in [5.41, 5.74) is 3.82. The Morgan fingerprint density at radius 3 is 1.96 bits per heavy atom. The molecule has 2 fully saturated rings. The Kier molecular flexibility index (Phi) is 5.92. The summed E-state index contributed by atoms with van der Waals surface area (Å²) in [5, 5.41) is 0. The third kappa shape index (κ3) is 4.05. The van der Waals surface area contributed by atoms with E-state index in [0.717, 1.165) is 19.6 Å². The fourth-order valence-corrected chi connectivity index (χ4v) is 4.75. The van der Waals surface area contributed by atoms with E-state index in [1.165, 1.54) is 36.0 Å². The molecule has 2 aromatic carbocycles. The van der Waals surface area contributed by atoms with Crippen LogP contribution in [0, 0.1) is 0 Å². The van der Waals surface area contributed by atoms with Gasteiger partial charge in [0.2, 0.25) is 5.91 Å². The van der Waals surface area contributed by atoms with Crippen molar-refractivity contribution in [1.82, 2.24) is 9.80 Å². The molecule has 2 aliphatic heterocycles. The normalized spacial score (nSPS) is 22.0. The lowest BCUT2D eigenvalue weighted by atomic mass is 9.90. The van der Waals surface area contributed by atoms with Crippen molar-refractivity contribution in [2.45, 2.75) is 44.7 Å². The summed E-state index contributed by atoms with van der Waals surface area (Å²) in [6, 6.07) is 22.3. The summed E-state index contributed by atoms with van der Waals surface area (Å²) in [5.74, 6) is 0.307. The fourth-order valence-electron chi connectivity index (χ4n) is 4.75. The average Bonchev–Trinajstić information content (AvgIpc) is 2.74. The van der Waals surface area contributed by atoms with Crippen LogP contribution in [0.4, 0.5) is 0 Å². The molecule has 2 aromatic rings. The molecule has 0 aromatic heterocycles. The first kappa shape index (κ1) is 18.9. The van der Waals surface area contributed by atoms with E-state index in [0.29, 0.717) is 24.4 Å². The van der Waals surface area contributed by atoms with Crippen LogP contribution < -0.4 is 0 Å². The molecule has 0 spiro atoms. The lowest BCUT2D eigenvalue weighted by molar-refractivity contribution is -0.136. The molecule has 0 radical (unpaired) electrons. The van der Waals surface area contributed by atoms with Crippen molar-refractivity contribution in [3.8, 4) is 0 Å². The Hall–Kier alpha value is -2.39. The molecule has 2 atom stereocenters. The van der Waals surface area contributed by atoms with E-state index in [-0.39, 0.29) is 0 Å². The van der Waals surface area contributed by atoms with Gasteiger partial charge in [0.05, 0.1) is 0 Å². The van der Waals surface area contributed by atoms with Gasteiger partial charge in [-0.25, -0.2) is 0 Å². The second-order valence-electron chi connectivity index (χ2n) is 7.94. The number of carbonyl (C=O) groups is 1. The van der Waals surface area contributed by atoms with Gasteiger partial charge >= 0.3 is 0 Å². The zero-order valence-corrected chi connectivity index (χ0v) is 16.8. The van der Waals surface area contributed by atoms with Crippen molar-refractivity contribution in [2.24, 2.45) is 0 Å². The number of hydrogen-bond acceptors (Lipinski definition) is 2. The van der Waals surface area contributed by atoms with E-state index in [2.05, 4.69) is 76.5 Å². The van der Waals surface area contributed by atoms with Crippen LogP contribution in [0.2, 0.25) is 0 Å². The first-order chi connectivity index (χ1) is 13.8. The molecular formula is C25H30N2O. The number of carbonyl (C=O) groups excluding carboxylic acids is 1. The highest BCUT2D eigenvalue weighted by Gasteiger charge is 2.37. The van der Waals surface area contributed by atoms with Gasteiger partial charge in [0.1, 0.15) is 0 Å². The Labute approximate surface area is 168 Å². The van der Waals surface area contributed by atoms with Crippen molar-refractivity contribution in [3.05, 3.63) is 77.9 Å². The van der Waals surface area contributed by atoms with Crippen LogP contribution in [0.5, 0.6) is 0 Å².